The van der Waals surface area contributed by atoms with Crippen molar-refractivity contribution in [3.63, 3.8) is 0 Å². The van der Waals surface area contributed by atoms with Gasteiger partial charge in [-0.25, -0.2) is 0 Å². The maximum absolute atomic E-state index is 12.4. The number of carbonyl (C=O) groups is 2. The maximum Gasteiger partial charge on any atom is 0.305 e. The molecule has 1 saturated carbocycles. The quantitative estimate of drug-likeness (QED) is 0.812. The molecule has 1 amide bonds. The number of benzene rings is 1. The Morgan fingerprint density at radius 3 is 2.61 bits per heavy atom. The first-order chi connectivity index (χ1) is 10.8. The molecule has 1 aliphatic rings. The van der Waals surface area contributed by atoms with Crippen molar-refractivity contribution >= 4 is 35.1 Å². The average molecular weight is 360 g/mol. The van der Waals surface area contributed by atoms with E-state index < -0.39 is 17.6 Å². The summed E-state index contributed by atoms with van der Waals surface area (Å²) in [6.07, 6.45) is 2.25. The van der Waals surface area contributed by atoms with Crippen LogP contribution in [0.1, 0.15) is 39.0 Å². The molecule has 0 aromatic heterocycles. The molecule has 0 saturated heterocycles. The third kappa shape index (κ3) is 4.52. The number of hydrogen-bond donors (Lipinski definition) is 2. The summed E-state index contributed by atoms with van der Waals surface area (Å²) >= 11 is 12.0. The normalized spacial score (nSPS) is 17.5. The Morgan fingerprint density at radius 1 is 1.35 bits per heavy atom. The molecule has 1 aliphatic carbocycles. The number of amides is 1. The van der Waals surface area contributed by atoms with Crippen molar-refractivity contribution < 1.29 is 19.4 Å². The van der Waals surface area contributed by atoms with Gasteiger partial charge in [0.1, 0.15) is 10.8 Å². The molecule has 5 nitrogen and oxygen atoms in total. The van der Waals surface area contributed by atoms with Crippen LogP contribution in [0.4, 0.5) is 0 Å². The Morgan fingerprint density at radius 2 is 2.00 bits per heavy atom. The molecule has 2 N–H and O–H groups in total. The Labute approximate surface area is 144 Å². The number of carboxylic acids is 1. The summed E-state index contributed by atoms with van der Waals surface area (Å²) in [7, 11) is 0. The fourth-order valence-corrected chi connectivity index (χ4v) is 3.21. The molecule has 0 heterocycles. The van der Waals surface area contributed by atoms with Gasteiger partial charge in [0.15, 0.2) is 6.10 Å². The number of carbonyl (C=O) groups excluding carboxylic acids is 1. The lowest BCUT2D eigenvalue weighted by atomic mass is 9.93. The number of carboxylic acid groups (broad SMARTS) is 1. The van der Waals surface area contributed by atoms with E-state index in [1.54, 1.807) is 25.1 Å². The molecular weight excluding hydrogens is 341 g/mol. The number of aliphatic carboxylic acids is 1. The first-order valence-electron chi connectivity index (χ1n) is 7.47. The second-order valence-electron chi connectivity index (χ2n) is 5.86. The topological polar surface area (TPSA) is 75.6 Å². The highest BCUT2D eigenvalue weighted by molar-refractivity contribution is 6.42. The number of ether oxygens (including phenoxy) is 1. The zero-order valence-electron chi connectivity index (χ0n) is 12.8. The average Bonchev–Trinajstić information content (AvgIpc) is 2.91. The van der Waals surface area contributed by atoms with E-state index in [1.165, 1.54) is 0 Å². The lowest BCUT2D eigenvalue weighted by Crippen LogP contribution is -2.51. The molecule has 2 rings (SSSR count). The molecule has 1 atom stereocenters. The molecular formula is C16H19Cl2NO4. The van der Waals surface area contributed by atoms with Gasteiger partial charge in [0, 0.05) is 0 Å². The lowest BCUT2D eigenvalue weighted by molar-refractivity contribution is -0.139. The Balaban J connectivity index is 2.04. The fraction of sp³-hybridized carbons (Fsp3) is 0.500. The number of nitrogens with one attached hydrogen (secondary N) is 1. The van der Waals surface area contributed by atoms with Crippen LogP contribution < -0.4 is 10.1 Å². The van der Waals surface area contributed by atoms with Gasteiger partial charge in [-0.1, -0.05) is 42.1 Å². The van der Waals surface area contributed by atoms with Gasteiger partial charge in [0.25, 0.3) is 5.91 Å². The van der Waals surface area contributed by atoms with E-state index in [4.69, 9.17) is 33.0 Å². The van der Waals surface area contributed by atoms with Crippen molar-refractivity contribution in [1.29, 1.82) is 0 Å². The molecule has 1 fully saturated rings. The molecule has 0 radical (unpaired) electrons. The van der Waals surface area contributed by atoms with Gasteiger partial charge < -0.3 is 15.2 Å². The largest absolute Gasteiger partial charge is 0.481 e. The van der Waals surface area contributed by atoms with Crippen LogP contribution in [-0.2, 0) is 9.59 Å². The molecule has 126 valence electrons. The van der Waals surface area contributed by atoms with Crippen molar-refractivity contribution in [1.82, 2.24) is 5.32 Å². The molecule has 1 aromatic rings. The molecule has 0 bridgehead atoms. The van der Waals surface area contributed by atoms with E-state index in [0.717, 1.165) is 12.8 Å². The SMILES string of the molecule is CC(Oc1cccc(Cl)c1Cl)C(=O)NC1(CC(=O)O)CCCC1. The van der Waals surface area contributed by atoms with E-state index in [0.29, 0.717) is 23.6 Å². The van der Waals surface area contributed by atoms with Crippen LogP contribution in [0, 0.1) is 0 Å². The number of rotatable bonds is 6. The minimum Gasteiger partial charge on any atom is -0.481 e. The van der Waals surface area contributed by atoms with Gasteiger partial charge in [-0.15, -0.1) is 0 Å². The van der Waals surface area contributed by atoms with Crippen LogP contribution in [0.5, 0.6) is 5.75 Å². The summed E-state index contributed by atoms with van der Waals surface area (Å²) in [5.74, 6) is -0.955. The highest BCUT2D eigenvalue weighted by atomic mass is 35.5. The van der Waals surface area contributed by atoms with Gasteiger partial charge in [0.2, 0.25) is 0 Å². The predicted molar refractivity (Wildman–Crippen MR) is 88.1 cm³/mol. The summed E-state index contributed by atoms with van der Waals surface area (Å²) in [5, 5.41) is 12.5. The minimum absolute atomic E-state index is 0.0800. The summed E-state index contributed by atoms with van der Waals surface area (Å²) in [6.45, 7) is 1.59. The standard InChI is InChI=1S/C16H19Cl2NO4/c1-10(23-12-6-4-5-11(17)14(12)18)15(22)19-16(9-13(20)21)7-2-3-8-16/h4-6,10H,2-3,7-9H2,1H3,(H,19,22)(H,20,21). The highest BCUT2D eigenvalue weighted by Gasteiger charge is 2.38. The Hall–Kier alpha value is -1.46. The third-order valence-corrected chi connectivity index (χ3v) is 4.83. The maximum atomic E-state index is 12.4. The first kappa shape index (κ1) is 17.9. The zero-order chi connectivity index (χ0) is 17.0. The second kappa shape index (κ2) is 7.41. The summed E-state index contributed by atoms with van der Waals surface area (Å²) in [4.78, 5) is 23.5. The Kier molecular flexibility index (Phi) is 5.76. The van der Waals surface area contributed by atoms with Gasteiger partial charge in [-0.2, -0.15) is 0 Å². The second-order valence-corrected chi connectivity index (χ2v) is 6.64. The number of halogens is 2. The van der Waals surface area contributed by atoms with E-state index in [9.17, 15) is 9.59 Å². The van der Waals surface area contributed by atoms with Crippen molar-refractivity contribution in [3.8, 4) is 5.75 Å². The zero-order valence-corrected chi connectivity index (χ0v) is 14.3. The van der Waals surface area contributed by atoms with Gasteiger partial charge in [-0.05, 0) is 31.9 Å². The fourth-order valence-electron chi connectivity index (χ4n) is 2.87. The highest BCUT2D eigenvalue weighted by Crippen LogP contribution is 2.34. The van der Waals surface area contributed by atoms with Crippen LogP contribution in [0.2, 0.25) is 10.0 Å². The molecule has 23 heavy (non-hydrogen) atoms. The molecule has 0 aliphatic heterocycles. The molecule has 7 heteroatoms. The van der Waals surface area contributed by atoms with Crippen molar-refractivity contribution in [2.75, 3.05) is 0 Å². The summed E-state index contributed by atoms with van der Waals surface area (Å²) < 4.78 is 5.57. The molecule has 0 spiro atoms. The smallest absolute Gasteiger partial charge is 0.305 e. The monoisotopic (exact) mass is 359 g/mol. The van der Waals surface area contributed by atoms with E-state index in [2.05, 4.69) is 5.32 Å². The van der Waals surface area contributed by atoms with E-state index in [-0.39, 0.29) is 17.4 Å². The first-order valence-corrected chi connectivity index (χ1v) is 8.23. The van der Waals surface area contributed by atoms with Crippen LogP contribution in [0.15, 0.2) is 18.2 Å². The van der Waals surface area contributed by atoms with Crippen LogP contribution in [0.25, 0.3) is 0 Å². The van der Waals surface area contributed by atoms with Gasteiger partial charge >= 0.3 is 5.97 Å². The minimum atomic E-state index is -0.918. The van der Waals surface area contributed by atoms with Crippen LogP contribution in [-0.4, -0.2) is 28.6 Å². The predicted octanol–water partition coefficient (Wildman–Crippen LogP) is 3.66. The van der Waals surface area contributed by atoms with E-state index >= 15 is 0 Å². The van der Waals surface area contributed by atoms with E-state index in [1.807, 2.05) is 0 Å². The Bertz CT molecular complexity index is 600. The molecule has 1 unspecified atom stereocenters. The van der Waals surface area contributed by atoms with Crippen molar-refractivity contribution in [3.05, 3.63) is 28.2 Å². The van der Waals surface area contributed by atoms with Crippen LogP contribution >= 0.6 is 23.2 Å². The third-order valence-electron chi connectivity index (χ3n) is 4.03. The molecule has 1 aromatic carbocycles. The van der Waals surface area contributed by atoms with Gasteiger partial charge in [-0.3, -0.25) is 9.59 Å². The summed E-state index contributed by atoms with van der Waals surface area (Å²) in [5.41, 5.74) is -0.682. The van der Waals surface area contributed by atoms with Crippen molar-refractivity contribution in [2.45, 2.75) is 50.7 Å². The van der Waals surface area contributed by atoms with Crippen molar-refractivity contribution in [2.24, 2.45) is 0 Å². The number of hydrogen-bond acceptors (Lipinski definition) is 3. The van der Waals surface area contributed by atoms with Gasteiger partial charge in [0.05, 0.1) is 17.0 Å². The van der Waals surface area contributed by atoms with Crippen LogP contribution in [0.3, 0.4) is 0 Å². The summed E-state index contributed by atoms with van der Waals surface area (Å²) in [6, 6.07) is 4.93. The lowest BCUT2D eigenvalue weighted by Gasteiger charge is -2.30.